The van der Waals surface area contributed by atoms with Gasteiger partial charge in [0.1, 0.15) is 17.3 Å². The lowest BCUT2D eigenvalue weighted by Crippen LogP contribution is -2.18. The minimum Gasteiger partial charge on any atom is -0.369 e. The second-order valence-electron chi connectivity index (χ2n) is 3.17. The number of anilines is 1. The van der Waals surface area contributed by atoms with Crippen LogP contribution in [-0.2, 0) is 13.0 Å². The van der Waals surface area contributed by atoms with Crippen molar-refractivity contribution in [3.05, 3.63) is 11.5 Å². The second-order valence-corrected chi connectivity index (χ2v) is 3.17. The van der Waals surface area contributed by atoms with Gasteiger partial charge < -0.3 is 9.88 Å². The molecule has 1 N–H and O–H groups in total. The van der Waals surface area contributed by atoms with Crippen LogP contribution >= 0.6 is 0 Å². The van der Waals surface area contributed by atoms with Crippen LogP contribution in [0, 0.1) is 0 Å². The molecule has 4 heteroatoms. The van der Waals surface area contributed by atoms with Gasteiger partial charge >= 0.3 is 0 Å². The molecule has 70 valence electrons. The first-order chi connectivity index (χ1) is 6.36. The SMILES string of the molecule is CCc1nc(C=O)c2n1CCCN2. The Balaban J connectivity index is 2.50. The van der Waals surface area contributed by atoms with Crippen LogP contribution in [0.3, 0.4) is 0 Å². The van der Waals surface area contributed by atoms with Gasteiger partial charge in [-0.15, -0.1) is 0 Å². The molecule has 13 heavy (non-hydrogen) atoms. The number of carbonyl (C=O) groups is 1. The maximum absolute atomic E-state index is 10.7. The van der Waals surface area contributed by atoms with Crippen LogP contribution in [-0.4, -0.2) is 22.4 Å². The standard InChI is InChI=1S/C9H13N3O/c1-2-8-11-7(6-13)9-10-4-3-5-12(8)9/h6,10H,2-5H2,1H3. The summed E-state index contributed by atoms with van der Waals surface area (Å²) in [5.74, 6) is 1.90. The largest absolute Gasteiger partial charge is 0.369 e. The Kier molecular flexibility index (Phi) is 2.04. The van der Waals surface area contributed by atoms with E-state index in [2.05, 4.69) is 21.8 Å². The van der Waals surface area contributed by atoms with Gasteiger partial charge in [0.15, 0.2) is 6.29 Å². The maximum atomic E-state index is 10.7. The van der Waals surface area contributed by atoms with Gasteiger partial charge in [-0.25, -0.2) is 4.98 Å². The Morgan fingerprint density at radius 1 is 1.69 bits per heavy atom. The van der Waals surface area contributed by atoms with Crippen LogP contribution in [0.4, 0.5) is 5.82 Å². The highest BCUT2D eigenvalue weighted by Crippen LogP contribution is 2.20. The van der Waals surface area contributed by atoms with Crippen molar-refractivity contribution in [1.29, 1.82) is 0 Å². The molecule has 0 aromatic carbocycles. The zero-order valence-corrected chi connectivity index (χ0v) is 7.71. The van der Waals surface area contributed by atoms with E-state index in [1.165, 1.54) is 0 Å². The molecule has 1 aliphatic rings. The summed E-state index contributed by atoms with van der Waals surface area (Å²) in [4.78, 5) is 15.0. The van der Waals surface area contributed by atoms with Gasteiger partial charge in [0.05, 0.1) is 0 Å². The number of hydrogen-bond donors (Lipinski definition) is 1. The monoisotopic (exact) mass is 179 g/mol. The first-order valence-electron chi connectivity index (χ1n) is 4.65. The molecular formula is C9H13N3O. The van der Waals surface area contributed by atoms with Crippen molar-refractivity contribution in [2.75, 3.05) is 11.9 Å². The summed E-state index contributed by atoms with van der Waals surface area (Å²) in [6.07, 6.45) is 2.81. The Morgan fingerprint density at radius 3 is 3.23 bits per heavy atom. The van der Waals surface area contributed by atoms with E-state index in [1.54, 1.807) is 0 Å². The molecule has 0 spiro atoms. The van der Waals surface area contributed by atoms with E-state index in [-0.39, 0.29) is 0 Å². The van der Waals surface area contributed by atoms with E-state index in [9.17, 15) is 4.79 Å². The minimum atomic E-state index is 0.552. The predicted molar refractivity (Wildman–Crippen MR) is 50.1 cm³/mol. The molecule has 2 heterocycles. The lowest BCUT2D eigenvalue weighted by atomic mass is 10.3. The third-order valence-electron chi connectivity index (χ3n) is 2.35. The molecule has 0 radical (unpaired) electrons. The molecule has 0 unspecified atom stereocenters. The molecular weight excluding hydrogens is 166 g/mol. The number of nitrogens with zero attached hydrogens (tertiary/aromatic N) is 2. The summed E-state index contributed by atoms with van der Waals surface area (Å²) in [5, 5.41) is 3.21. The number of aryl methyl sites for hydroxylation is 1. The smallest absolute Gasteiger partial charge is 0.172 e. The van der Waals surface area contributed by atoms with Crippen molar-refractivity contribution in [3.63, 3.8) is 0 Å². The zero-order chi connectivity index (χ0) is 9.26. The summed E-state index contributed by atoms with van der Waals surface area (Å²) in [5.41, 5.74) is 0.552. The van der Waals surface area contributed by atoms with Crippen LogP contribution in [0.1, 0.15) is 29.7 Å². The average molecular weight is 179 g/mol. The zero-order valence-electron chi connectivity index (χ0n) is 7.71. The van der Waals surface area contributed by atoms with Crippen molar-refractivity contribution in [1.82, 2.24) is 9.55 Å². The molecule has 2 rings (SSSR count). The highest BCUT2D eigenvalue weighted by atomic mass is 16.1. The van der Waals surface area contributed by atoms with Crippen molar-refractivity contribution in [2.45, 2.75) is 26.3 Å². The molecule has 0 fully saturated rings. The van der Waals surface area contributed by atoms with Crippen LogP contribution in [0.2, 0.25) is 0 Å². The van der Waals surface area contributed by atoms with Crippen molar-refractivity contribution >= 4 is 12.1 Å². The summed E-state index contributed by atoms with van der Waals surface area (Å²) in [6, 6.07) is 0. The van der Waals surface area contributed by atoms with Crippen molar-refractivity contribution in [3.8, 4) is 0 Å². The Bertz CT molecular complexity index is 330. The van der Waals surface area contributed by atoms with Crippen molar-refractivity contribution in [2.24, 2.45) is 0 Å². The normalized spacial score (nSPS) is 14.8. The average Bonchev–Trinajstić information content (AvgIpc) is 2.56. The number of hydrogen-bond acceptors (Lipinski definition) is 3. The summed E-state index contributed by atoms with van der Waals surface area (Å²) < 4.78 is 2.10. The molecule has 0 saturated carbocycles. The van der Waals surface area contributed by atoms with Crippen LogP contribution < -0.4 is 5.32 Å². The molecule has 1 aliphatic heterocycles. The van der Waals surface area contributed by atoms with Gasteiger partial charge in [-0.05, 0) is 6.42 Å². The maximum Gasteiger partial charge on any atom is 0.172 e. The lowest BCUT2D eigenvalue weighted by molar-refractivity contribution is 0.112. The highest BCUT2D eigenvalue weighted by molar-refractivity contribution is 5.80. The first kappa shape index (κ1) is 8.29. The number of imidazole rings is 1. The highest BCUT2D eigenvalue weighted by Gasteiger charge is 2.17. The van der Waals surface area contributed by atoms with E-state index in [0.29, 0.717) is 5.69 Å². The lowest BCUT2D eigenvalue weighted by Gasteiger charge is -2.18. The van der Waals surface area contributed by atoms with E-state index >= 15 is 0 Å². The molecule has 4 nitrogen and oxygen atoms in total. The molecule has 0 aliphatic carbocycles. The van der Waals surface area contributed by atoms with Gasteiger partial charge in [-0.1, -0.05) is 6.92 Å². The third-order valence-corrected chi connectivity index (χ3v) is 2.35. The number of aromatic nitrogens is 2. The van der Waals surface area contributed by atoms with E-state index in [0.717, 1.165) is 43.9 Å². The predicted octanol–water partition coefficient (Wildman–Crippen LogP) is 1.07. The van der Waals surface area contributed by atoms with E-state index in [4.69, 9.17) is 0 Å². The number of nitrogens with one attached hydrogen (secondary N) is 1. The summed E-state index contributed by atoms with van der Waals surface area (Å²) in [6.45, 7) is 3.97. The fourth-order valence-corrected chi connectivity index (χ4v) is 1.74. The molecule has 0 saturated heterocycles. The number of carbonyl (C=O) groups excluding carboxylic acids is 1. The van der Waals surface area contributed by atoms with Crippen LogP contribution in [0.15, 0.2) is 0 Å². The first-order valence-corrected chi connectivity index (χ1v) is 4.65. The van der Waals surface area contributed by atoms with Gasteiger partial charge in [0.2, 0.25) is 0 Å². The van der Waals surface area contributed by atoms with E-state index in [1.807, 2.05) is 0 Å². The fourth-order valence-electron chi connectivity index (χ4n) is 1.74. The van der Waals surface area contributed by atoms with Gasteiger partial charge in [0, 0.05) is 19.5 Å². The Morgan fingerprint density at radius 2 is 2.54 bits per heavy atom. The van der Waals surface area contributed by atoms with Gasteiger partial charge in [0.25, 0.3) is 0 Å². The van der Waals surface area contributed by atoms with Gasteiger partial charge in [-0.2, -0.15) is 0 Å². The summed E-state index contributed by atoms with van der Waals surface area (Å²) in [7, 11) is 0. The molecule has 0 atom stereocenters. The topological polar surface area (TPSA) is 46.9 Å². The number of rotatable bonds is 2. The Hall–Kier alpha value is -1.32. The Labute approximate surface area is 77.0 Å². The third kappa shape index (κ3) is 1.22. The quantitative estimate of drug-likeness (QED) is 0.691. The number of fused-ring (bicyclic) bond motifs is 1. The summed E-state index contributed by atoms with van der Waals surface area (Å²) >= 11 is 0. The van der Waals surface area contributed by atoms with Crippen LogP contribution in [0.25, 0.3) is 0 Å². The van der Waals surface area contributed by atoms with Gasteiger partial charge in [-0.3, -0.25) is 4.79 Å². The molecule has 1 aromatic rings. The van der Waals surface area contributed by atoms with Crippen LogP contribution in [0.5, 0.6) is 0 Å². The minimum absolute atomic E-state index is 0.552. The van der Waals surface area contributed by atoms with Crippen molar-refractivity contribution < 1.29 is 4.79 Å². The van der Waals surface area contributed by atoms with E-state index < -0.39 is 0 Å². The second kappa shape index (κ2) is 3.20. The molecule has 0 bridgehead atoms. The fraction of sp³-hybridized carbons (Fsp3) is 0.556. The number of aldehydes is 1. The molecule has 1 aromatic heterocycles. The molecule has 0 amide bonds.